The molecule has 2 atom stereocenters. The van der Waals surface area contributed by atoms with Crippen LogP contribution in [0.1, 0.15) is 13.3 Å². The summed E-state index contributed by atoms with van der Waals surface area (Å²) in [5.74, 6) is 0. The van der Waals surface area contributed by atoms with Gasteiger partial charge in [0.25, 0.3) is 0 Å². The van der Waals surface area contributed by atoms with Crippen molar-refractivity contribution in [3.05, 3.63) is 0 Å². The van der Waals surface area contributed by atoms with Gasteiger partial charge in [-0.05, 0) is 0 Å². The van der Waals surface area contributed by atoms with Crippen LogP contribution in [0, 0.1) is 0 Å². The standard InChI is InChI=1S/C6H15AsO2/c1-6(9)5-7-3-2-4-8/h6-9H,2-5H2,1H3. The fourth-order valence-corrected chi connectivity index (χ4v) is 2.68. The van der Waals surface area contributed by atoms with Crippen molar-refractivity contribution in [2.45, 2.75) is 29.9 Å². The van der Waals surface area contributed by atoms with E-state index in [4.69, 9.17) is 10.2 Å². The van der Waals surface area contributed by atoms with Crippen LogP contribution < -0.4 is 0 Å². The number of aliphatic hydroxyl groups is 2. The molecule has 0 aliphatic heterocycles. The van der Waals surface area contributed by atoms with E-state index in [1.165, 1.54) is 0 Å². The fraction of sp³-hybridized carbons (Fsp3) is 1.00. The first-order chi connectivity index (χ1) is 4.27. The van der Waals surface area contributed by atoms with Gasteiger partial charge >= 0.3 is 62.4 Å². The molecule has 56 valence electrons. The van der Waals surface area contributed by atoms with Crippen LogP contribution in [0.15, 0.2) is 0 Å². The van der Waals surface area contributed by atoms with Gasteiger partial charge in [-0.25, -0.2) is 0 Å². The van der Waals surface area contributed by atoms with Crippen LogP contribution in [0.5, 0.6) is 0 Å². The SMILES string of the molecule is CC(O)C[AsH]CCCO. The van der Waals surface area contributed by atoms with E-state index < -0.39 is 0 Å². The molecule has 0 aromatic rings. The van der Waals surface area contributed by atoms with Crippen LogP contribution in [0.3, 0.4) is 0 Å². The second-order valence-electron chi connectivity index (χ2n) is 2.13. The third-order valence-corrected chi connectivity index (χ3v) is 4.28. The summed E-state index contributed by atoms with van der Waals surface area (Å²) in [6.45, 7) is 2.13. The van der Waals surface area contributed by atoms with Gasteiger partial charge in [0.05, 0.1) is 0 Å². The molecule has 2 N–H and O–H groups in total. The molecule has 9 heavy (non-hydrogen) atoms. The Morgan fingerprint density at radius 2 is 2.22 bits per heavy atom. The van der Waals surface area contributed by atoms with Gasteiger partial charge in [-0.15, -0.1) is 0 Å². The Balaban J connectivity index is 2.75. The molecule has 0 radical (unpaired) electrons. The number of hydrogen-bond donors (Lipinski definition) is 2. The third-order valence-electron chi connectivity index (χ3n) is 0.951. The maximum atomic E-state index is 8.82. The zero-order chi connectivity index (χ0) is 7.11. The number of rotatable bonds is 5. The van der Waals surface area contributed by atoms with Crippen LogP contribution in [0.25, 0.3) is 0 Å². The monoisotopic (exact) mass is 194 g/mol. The zero-order valence-electron chi connectivity index (χ0n) is 5.80. The van der Waals surface area contributed by atoms with Crippen molar-refractivity contribution in [1.29, 1.82) is 0 Å². The predicted octanol–water partition coefficient (Wildman–Crippen LogP) is 0.0227. The number of hydrogen-bond acceptors (Lipinski definition) is 2. The summed E-state index contributed by atoms with van der Waals surface area (Å²) in [7, 11) is 0. The second-order valence-corrected chi connectivity index (χ2v) is 5.08. The molecule has 2 nitrogen and oxygen atoms in total. The van der Waals surface area contributed by atoms with Crippen LogP contribution in [0.4, 0.5) is 0 Å². The van der Waals surface area contributed by atoms with E-state index in [1.807, 2.05) is 6.92 Å². The average Bonchev–Trinajstić information content (AvgIpc) is 1.80. The van der Waals surface area contributed by atoms with E-state index in [2.05, 4.69) is 0 Å². The van der Waals surface area contributed by atoms with E-state index in [-0.39, 0.29) is 21.9 Å². The first-order valence-corrected chi connectivity index (χ1v) is 6.23. The molecule has 0 aliphatic carbocycles. The molecular formula is C6H15AsO2. The molecule has 0 rings (SSSR count). The van der Waals surface area contributed by atoms with Gasteiger partial charge in [0.15, 0.2) is 0 Å². The predicted molar refractivity (Wildman–Crippen MR) is 40.1 cm³/mol. The van der Waals surface area contributed by atoms with Crippen molar-refractivity contribution in [1.82, 2.24) is 0 Å². The van der Waals surface area contributed by atoms with E-state index >= 15 is 0 Å². The van der Waals surface area contributed by atoms with Crippen molar-refractivity contribution < 1.29 is 10.2 Å². The molecule has 3 heteroatoms. The Morgan fingerprint density at radius 1 is 1.56 bits per heavy atom. The topological polar surface area (TPSA) is 40.5 Å². The molecular weight excluding hydrogens is 179 g/mol. The van der Waals surface area contributed by atoms with Crippen LogP contribution in [-0.2, 0) is 0 Å². The fourth-order valence-electron chi connectivity index (χ4n) is 0.515. The first-order valence-electron chi connectivity index (χ1n) is 3.27. The summed E-state index contributed by atoms with van der Waals surface area (Å²) in [5.41, 5.74) is 0. The molecule has 0 spiro atoms. The molecule has 0 aromatic carbocycles. The van der Waals surface area contributed by atoms with Gasteiger partial charge in [-0.3, -0.25) is 0 Å². The van der Waals surface area contributed by atoms with Crippen molar-refractivity contribution in [2.75, 3.05) is 6.61 Å². The molecule has 0 saturated heterocycles. The van der Waals surface area contributed by atoms with E-state index in [0.29, 0.717) is 6.61 Å². The van der Waals surface area contributed by atoms with Gasteiger partial charge in [0.2, 0.25) is 0 Å². The summed E-state index contributed by atoms with van der Waals surface area (Å²) >= 11 is 0.0512. The molecule has 0 fully saturated rings. The second kappa shape index (κ2) is 6.60. The van der Waals surface area contributed by atoms with E-state index in [0.717, 1.165) is 16.8 Å². The van der Waals surface area contributed by atoms with Gasteiger partial charge in [-0.1, -0.05) is 0 Å². The Kier molecular flexibility index (Phi) is 6.95. The van der Waals surface area contributed by atoms with Crippen LogP contribution in [-0.4, -0.2) is 38.7 Å². The van der Waals surface area contributed by atoms with Crippen molar-refractivity contribution in [2.24, 2.45) is 0 Å². The van der Waals surface area contributed by atoms with Crippen molar-refractivity contribution in [3.63, 3.8) is 0 Å². The normalized spacial score (nSPS) is 15.0. The summed E-state index contributed by atoms with van der Waals surface area (Å²) in [4.78, 5) is 0. The first kappa shape index (κ1) is 9.48. The van der Waals surface area contributed by atoms with Gasteiger partial charge < -0.3 is 0 Å². The summed E-state index contributed by atoms with van der Waals surface area (Å²) < 4.78 is 0. The molecule has 0 aliphatic rings. The molecule has 0 saturated carbocycles. The van der Waals surface area contributed by atoms with Gasteiger partial charge in [0, 0.05) is 0 Å². The quantitative estimate of drug-likeness (QED) is 0.478. The molecule has 0 bridgehead atoms. The average molecular weight is 194 g/mol. The van der Waals surface area contributed by atoms with Crippen LogP contribution in [0.2, 0.25) is 10.4 Å². The van der Waals surface area contributed by atoms with Gasteiger partial charge in [0.1, 0.15) is 0 Å². The third kappa shape index (κ3) is 8.48. The Morgan fingerprint density at radius 3 is 2.67 bits per heavy atom. The Labute approximate surface area is 63.0 Å². The molecule has 0 heterocycles. The number of aliphatic hydroxyl groups excluding tert-OH is 2. The van der Waals surface area contributed by atoms with E-state index in [9.17, 15) is 0 Å². The van der Waals surface area contributed by atoms with Crippen LogP contribution >= 0.6 is 0 Å². The molecule has 0 aromatic heterocycles. The molecule has 0 amide bonds. The van der Waals surface area contributed by atoms with Crippen molar-refractivity contribution >= 4 is 15.8 Å². The maximum absolute atomic E-state index is 8.82. The Bertz CT molecular complexity index is 57.0. The summed E-state index contributed by atoms with van der Waals surface area (Å²) in [5, 5.41) is 19.3. The van der Waals surface area contributed by atoms with Crippen molar-refractivity contribution in [3.8, 4) is 0 Å². The minimum absolute atomic E-state index is 0.0512. The summed E-state index contributed by atoms with van der Waals surface area (Å²) in [6.07, 6.45) is 0.802. The minimum atomic E-state index is -0.122. The van der Waals surface area contributed by atoms with Gasteiger partial charge in [-0.2, -0.15) is 0 Å². The Hall–Kier alpha value is 0.478. The van der Waals surface area contributed by atoms with E-state index in [1.54, 1.807) is 0 Å². The zero-order valence-corrected chi connectivity index (χ0v) is 7.90. The molecule has 2 unspecified atom stereocenters. The summed E-state index contributed by atoms with van der Waals surface area (Å²) in [6, 6.07) is 0.